The SMILES string of the molecule is Cc1cc(C)n(CC(=O)NNC(=O)c2cc(S(C)(=O)=O)ccc2C)n1. The van der Waals surface area contributed by atoms with Gasteiger partial charge in [0.05, 0.1) is 10.6 Å². The van der Waals surface area contributed by atoms with Crippen LogP contribution in [0.2, 0.25) is 0 Å². The van der Waals surface area contributed by atoms with Crippen LogP contribution in [0.4, 0.5) is 0 Å². The first-order valence-corrected chi connectivity index (χ1v) is 9.38. The molecule has 0 spiro atoms. The maximum atomic E-state index is 12.2. The number of rotatable bonds is 4. The summed E-state index contributed by atoms with van der Waals surface area (Å²) in [5.74, 6) is -1.04. The van der Waals surface area contributed by atoms with Gasteiger partial charge >= 0.3 is 0 Å². The van der Waals surface area contributed by atoms with E-state index in [1.54, 1.807) is 13.0 Å². The topological polar surface area (TPSA) is 110 Å². The van der Waals surface area contributed by atoms with Crippen LogP contribution in [0.5, 0.6) is 0 Å². The van der Waals surface area contributed by atoms with E-state index in [2.05, 4.69) is 16.0 Å². The van der Waals surface area contributed by atoms with E-state index in [-0.39, 0.29) is 17.0 Å². The number of hydrogen-bond donors (Lipinski definition) is 2. The van der Waals surface area contributed by atoms with Gasteiger partial charge in [0.25, 0.3) is 11.8 Å². The highest BCUT2D eigenvalue weighted by Gasteiger charge is 2.15. The molecule has 0 saturated heterocycles. The maximum Gasteiger partial charge on any atom is 0.269 e. The summed E-state index contributed by atoms with van der Waals surface area (Å²) >= 11 is 0. The molecule has 0 radical (unpaired) electrons. The number of nitrogens with one attached hydrogen (secondary N) is 2. The number of aryl methyl sites for hydroxylation is 3. The number of carbonyl (C=O) groups is 2. The van der Waals surface area contributed by atoms with Gasteiger partial charge in [0.1, 0.15) is 6.54 Å². The fourth-order valence-corrected chi connectivity index (χ4v) is 2.93. The number of carbonyl (C=O) groups excluding carboxylic acids is 2. The average Bonchev–Trinajstić information content (AvgIpc) is 2.81. The minimum Gasteiger partial charge on any atom is -0.271 e. The Bertz CT molecular complexity index is 932. The Morgan fingerprint density at radius 3 is 2.36 bits per heavy atom. The summed E-state index contributed by atoms with van der Waals surface area (Å²) in [7, 11) is -3.43. The number of hydrogen-bond acceptors (Lipinski definition) is 5. The quantitative estimate of drug-likeness (QED) is 0.775. The van der Waals surface area contributed by atoms with E-state index in [0.29, 0.717) is 5.56 Å². The van der Waals surface area contributed by atoms with Crippen LogP contribution in [0.3, 0.4) is 0 Å². The molecule has 0 aliphatic heterocycles. The van der Waals surface area contributed by atoms with Gasteiger partial charge in [0.2, 0.25) is 0 Å². The van der Waals surface area contributed by atoms with E-state index in [9.17, 15) is 18.0 Å². The number of nitrogens with zero attached hydrogens (tertiary/aromatic N) is 2. The highest BCUT2D eigenvalue weighted by Crippen LogP contribution is 2.15. The Balaban J connectivity index is 2.05. The van der Waals surface area contributed by atoms with Gasteiger partial charge in [-0.2, -0.15) is 5.10 Å². The third-order valence-corrected chi connectivity index (χ3v) is 4.70. The number of amides is 2. The smallest absolute Gasteiger partial charge is 0.269 e. The first-order chi connectivity index (χ1) is 11.6. The zero-order valence-corrected chi connectivity index (χ0v) is 15.3. The molecule has 0 aliphatic rings. The first-order valence-electron chi connectivity index (χ1n) is 7.49. The number of benzene rings is 1. The standard InChI is InChI=1S/C16H20N4O4S/c1-10-5-6-13(25(4,23)24)8-14(10)16(22)18-17-15(21)9-20-12(3)7-11(2)19-20/h5-8H,9H2,1-4H3,(H,17,21)(H,18,22). The Morgan fingerprint density at radius 2 is 1.80 bits per heavy atom. The van der Waals surface area contributed by atoms with Gasteiger partial charge in [0.15, 0.2) is 9.84 Å². The summed E-state index contributed by atoms with van der Waals surface area (Å²) in [6.07, 6.45) is 1.07. The Kier molecular flexibility index (Phi) is 5.27. The van der Waals surface area contributed by atoms with Crippen LogP contribution in [0.15, 0.2) is 29.2 Å². The third-order valence-electron chi connectivity index (χ3n) is 3.59. The van der Waals surface area contributed by atoms with Gasteiger partial charge in [-0.1, -0.05) is 6.07 Å². The molecule has 0 aliphatic carbocycles. The van der Waals surface area contributed by atoms with Crippen LogP contribution in [0.25, 0.3) is 0 Å². The van der Waals surface area contributed by atoms with Crippen LogP contribution in [0.1, 0.15) is 27.3 Å². The molecule has 8 nitrogen and oxygen atoms in total. The maximum absolute atomic E-state index is 12.2. The Labute approximate surface area is 146 Å². The molecule has 2 aromatic rings. The Morgan fingerprint density at radius 1 is 1.12 bits per heavy atom. The summed E-state index contributed by atoms with van der Waals surface area (Å²) in [6.45, 7) is 5.29. The van der Waals surface area contributed by atoms with Crippen molar-refractivity contribution in [2.24, 2.45) is 0 Å². The molecule has 0 unspecified atom stereocenters. The molecule has 0 saturated carbocycles. The molecule has 0 fully saturated rings. The predicted octanol–water partition coefficient (Wildman–Crippen LogP) is 0.673. The number of hydrazine groups is 1. The average molecular weight is 364 g/mol. The van der Waals surface area contributed by atoms with Crippen LogP contribution in [-0.4, -0.2) is 36.3 Å². The second kappa shape index (κ2) is 7.06. The van der Waals surface area contributed by atoms with E-state index in [0.717, 1.165) is 17.6 Å². The van der Waals surface area contributed by atoms with Gasteiger partial charge in [0, 0.05) is 17.5 Å². The molecule has 2 amide bonds. The van der Waals surface area contributed by atoms with Crippen molar-refractivity contribution in [2.45, 2.75) is 32.2 Å². The highest BCUT2D eigenvalue weighted by molar-refractivity contribution is 7.90. The van der Waals surface area contributed by atoms with Crippen LogP contribution in [-0.2, 0) is 21.2 Å². The second-order valence-corrected chi connectivity index (χ2v) is 7.85. The van der Waals surface area contributed by atoms with Gasteiger partial charge in [-0.05, 0) is 44.5 Å². The van der Waals surface area contributed by atoms with E-state index < -0.39 is 21.7 Å². The zero-order chi connectivity index (χ0) is 18.8. The minimum absolute atomic E-state index is 0.0391. The lowest BCUT2D eigenvalue weighted by Crippen LogP contribution is -2.43. The van der Waals surface area contributed by atoms with Gasteiger partial charge in [-0.3, -0.25) is 25.1 Å². The van der Waals surface area contributed by atoms with Gasteiger partial charge in [-0.15, -0.1) is 0 Å². The molecule has 25 heavy (non-hydrogen) atoms. The van der Waals surface area contributed by atoms with Crippen molar-refractivity contribution in [3.8, 4) is 0 Å². The number of aromatic nitrogens is 2. The molecule has 1 aromatic heterocycles. The normalized spacial score (nSPS) is 11.2. The lowest BCUT2D eigenvalue weighted by atomic mass is 10.1. The van der Waals surface area contributed by atoms with E-state index >= 15 is 0 Å². The van der Waals surface area contributed by atoms with Gasteiger partial charge in [-0.25, -0.2) is 8.42 Å². The van der Waals surface area contributed by atoms with Crippen molar-refractivity contribution >= 4 is 21.7 Å². The molecule has 0 atom stereocenters. The molecule has 2 rings (SSSR count). The summed E-state index contributed by atoms with van der Waals surface area (Å²) < 4.78 is 24.7. The molecule has 134 valence electrons. The van der Waals surface area contributed by atoms with Crippen molar-refractivity contribution < 1.29 is 18.0 Å². The zero-order valence-electron chi connectivity index (χ0n) is 14.5. The lowest BCUT2D eigenvalue weighted by Gasteiger charge is -2.11. The van der Waals surface area contributed by atoms with Crippen molar-refractivity contribution in [1.82, 2.24) is 20.6 Å². The van der Waals surface area contributed by atoms with Crippen molar-refractivity contribution in [3.05, 3.63) is 46.8 Å². The highest BCUT2D eigenvalue weighted by atomic mass is 32.2. The van der Waals surface area contributed by atoms with E-state index in [1.807, 2.05) is 19.9 Å². The van der Waals surface area contributed by atoms with E-state index in [1.165, 1.54) is 16.8 Å². The molecule has 0 bridgehead atoms. The summed E-state index contributed by atoms with van der Waals surface area (Å²) in [5.41, 5.74) is 6.99. The van der Waals surface area contributed by atoms with Crippen LogP contribution < -0.4 is 10.9 Å². The fraction of sp³-hybridized carbons (Fsp3) is 0.312. The monoisotopic (exact) mass is 364 g/mol. The molecule has 9 heteroatoms. The second-order valence-electron chi connectivity index (χ2n) is 5.84. The molecule has 1 heterocycles. The molecular formula is C16H20N4O4S. The molecular weight excluding hydrogens is 344 g/mol. The Hall–Kier alpha value is -2.68. The first kappa shape index (κ1) is 18.7. The van der Waals surface area contributed by atoms with Crippen molar-refractivity contribution in [1.29, 1.82) is 0 Å². The van der Waals surface area contributed by atoms with Crippen LogP contribution >= 0.6 is 0 Å². The summed E-state index contributed by atoms with van der Waals surface area (Å²) in [6, 6.07) is 6.10. The van der Waals surface area contributed by atoms with Crippen LogP contribution in [0, 0.1) is 20.8 Å². The summed E-state index contributed by atoms with van der Waals surface area (Å²) in [4.78, 5) is 24.2. The lowest BCUT2D eigenvalue weighted by molar-refractivity contribution is -0.122. The molecule has 1 aromatic carbocycles. The number of sulfone groups is 1. The van der Waals surface area contributed by atoms with Crippen molar-refractivity contribution in [2.75, 3.05) is 6.26 Å². The van der Waals surface area contributed by atoms with E-state index in [4.69, 9.17) is 0 Å². The van der Waals surface area contributed by atoms with Crippen molar-refractivity contribution in [3.63, 3.8) is 0 Å². The fourth-order valence-electron chi connectivity index (χ4n) is 2.28. The largest absolute Gasteiger partial charge is 0.271 e. The van der Waals surface area contributed by atoms with Gasteiger partial charge < -0.3 is 0 Å². The third kappa shape index (κ3) is 4.66. The minimum atomic E-state index is -3.43. The predicted molar refractivity (Wildman–Crippen MR) is 91.6 cm³/mol. The summed E-state index contributed by atoms with van der Waals surface area (Å²) in [5, 5.41) is 4.16. The molecule has 2 N–H and O–H groups in total.